The molecule has 3 N–H and O–H groups in total. The van der Waals surface area contributed by atoms with Gasteiger partial charge in [-0.3, -0.25) is 0 Å². The molecule has 0 saturated carbocycles. The van der Waals surface area contributed by atoms with E-state index in [2.05, 4.69) is 0 Å². The summed E-state index contributed by atoms with van der Waals surface area (Å²) in [7, 11) is -4.64. The smallest absolute Gasteiger partial charge is 0.303 e. The van der Waals surface area contributed by atoms with Crippen molar-refractivity contribution in [3.63, 3.8) is 0 Å². The van der Waals surface area contributed by atoms with E-state index in [-0.39, 0.29) is 49.0 Å². The molecule has 0 aliphatic carbocycles. The van der Waals surface area contributed by atoms with Crippen LogP contribution < -0.4 is 0 Å². The van der Waals surface area contributed by atoms with Crippen molar-refractivity contribution in [1.29, 1.82) is 0 Å². The van der Waals surface area contributed by atoms with Crippen molar-refractivity contribution >= 4 is 37.4 Å². The van der Waals surface area contributed by atoms with Crippen LogP contribution in [0.4, 0.5) is 0 Å². The fourth-order valence-electron chi connectivity index (χ4n) is 0. The van der Waals surface area contributed by atoms with Crippen LogP contribution in [0, 0.1) is 0 Å². The minimum atomic E-state index is -4.64. The molecule has 7 heavy (non-hydrogen) atoms. The predicted octanol–water partition coefficient (Wildman–Crippen LogP) is -1.31. The molecule has 0 rings (SSSR count). The van der Waals surface area contributed by atoms with E-state index in [0.717, 1.165) is 0 Å². The summed E-state index contributed by atoms with van der Waals surface area (Å²) in [5.74, 6) is 0. The number of phosphoric acid groups is 1. The van der Waals surface area contributed by atoms with Gasteiger partial charge in [-0.2, -0.15) is 0 Å². The third-order valence-electron chi connectivity index (χ3n) is 0. The molecule has 0 aromatic carbocycles. The summed E-state index contributed by atoms with van der Waals surface area (Å²) in [5, 5.41) is 0. The monoisotopic (exact) mass is 185 g/mol. The summed E-state index contributed by atoms with van der Waals surface area (Å²) in [5.41, 5.74) is 0. The van der Waals surface area contributed by atoms with E-state index in [1.807, 2.05) is 0 Å². The van der Waals surface area contributed by atoms with E-state index >= 15 is 0 Å². The SMILES string of the molecule is O=P(O)(O)O.[Na].[Zn]. The first kappa shape index (κ1) is 15.9. The quantitative estimate of drug-likeness (QED) is 0.324. The molecule has 0 bridgehead atoms. The predicted molar refractivity (Wildman–Crippen MR) is 20.0 cm³/mol. The van der Waals surface area contributed by atoms with Gasteiger partial charge in [0.05, 0.1) is 0 Å². The first-order chi connectivity index (χ1) is 2.00. The Balaban J connectivity index is -0.0000000800. The summed E-state index contributed by atoms with van der Waals surface area (Å²) in [4.78, 5) is 21.6. The molecule has 1 radical (unpaired) electrons. The summed E-state index contributed by atoms with van der Waals surface area (Å²) in [6, 6.07) is 0. The molecule has 0 atom stereocenters. The first-order valence-corrected chi connectivity index (χ1v) is 2.35. The van der Waals surface area contributed by atoms with Gasteiger partial charge in [-0.15, -0.1) is 0 Å². The standard InChI is InChI=1S/Na.H3O4P.Zn/c;1-5(2,3)4;/h;(H3,1,2,3,4);. The van der Waals surface area contributed by atoms with Gasteiger partial charge in [0.25, 0.3) is 0 Å². The maximum Gasteiger partial charge on any atom is 0.466 e. The van der Waals surface area contributed by atoms with Gasteiger partial charge in [-0.1, -0.05) is 0 Å². The summed E-state index contributed by atoms with van der Waals surface area (Å²) < 4.78 is 8.88. The van der Waals surface area contributed by atoms with Crippen LogP contribution in [0.15, 0.2) is 0 Å². The van der Waals surface area contributed by atoms with Crippen LogP contribution in [0.1, 0.15) is 0 Å². The summed E-state index contributed by atoms with van der Waals surface area (Å²) >= 11 is 0. The Bertz CT molecular complexity index is 57.8. The van der Waals surface area contributed by atoms with Crippen LogP contribution in [-0.2, 0) is 24.0 Å². The molecule has 0 aromatic heterocycles. The fourth-order valence-corrected chi connectivity index (χ4v) is 0. The Morgan fingerprint density at radius 1 is 1.14 bits per heavy atom. The Kier molecular flexibility index (Phi) is 13.3. The second-order valence-corrected chi connectivity index (χ2v) is 1.54. The normalized spacial score (nSPS) is 8.43. The second kappa shape index (κ2) is 5.86. The van der Waals surface area contributed by atoms with Gasteiger partial charge in [0.1, 0.15) is 0 Å². The molecule has 7 heteroatoms. The van der Waals surface area contributed by atoms with Crippen molar-refractivity contribution in [3.8, 4) is 0 Å². The van der Waals surface area contributed by atoms with Crippen LogP contribution >= 0.6 is 7.82 Å². The molecule has 0 fully saturated rings. The first-order valence-electron chi connectivity index (χ1n) is 0.783. The Morgan fingerprint density at radius 3 is 1.14 bits per heavy atom. The van der Waals surface area contributed by atoms with E-state index in [9.17, 15) is 0 Å². The zero-order chi connectivity index (χ0) is 4.50. The average molecular weight is 186 g/mol. The van der Waals surface area contributed by atoms with Crippen LogP contribution in [0.3, 0.4) is 0 Å². The van der Waals surface area contributed by atoms with Crippen LogP contribution in [-0.4, -0.2) is 44.2 Å². The van der Waals surface area contributed by atoms with Crippen LogP contribution in [0.5, 0.6) is 0 Å². The van der Waals surface area contributed by atoms with Crippen molar-refractivity contribution in [2.75, 3.05) is 0 Å². The number of hydrogen-bond acceptors (Lipinski definition) is 1. The van der Waals surface area contributed by atoms with Gasteiger partial charge in [0, 0.05) is 49.0 Å². The van der Waals surface area contributed by atoms with E-state index in [4.69, 9.17) is 19.2 Å². The van der Waals surface area contributed by atoms with E-state index in [0.29, 0.717) is 0 Å². The topological polar surface area (TPSA) is 77.8 Å². The zero-order valence-electron chi connectivity index (χ0n) is 3.90. The van der Waals surface area contributed by atoms with Crippen molar-refractivity contribution in [2.45, 2.75) is 0 Å². The maximum atomic E-state index is 8.88. The van der Waals surface area contributed by atoms with Gasteiger partial charge in [0.2, 0.25) is 0 Å². The van der Waals surface area contributed by atoms with Crippen molar-refractivity contribution in [3.05, 3.63) is 0 Å². The molecule has 0 heterocycles. The molecule has 0 aliphatic heterocycles. The average Bonchev–Trinajstić information content (AvgIpc) is 0.722. The molecular formula is H3NaO4PZn. The Hall–Kier alpha value is 1.73. The van der Waals surface area contributed by atoms with E-state index < -0.39 is 7.82 Å². The van der Waals surface area contributed by atoms with Crippen molar-refractivity contribution in [2.24, 2.45) is 0 Å². The van der Waals surface area contributed by atoms with Gasteiger partial charge in [0.15, 0.2) is 0 Å². The largest absolute Gasteiger partial charge is 0.466 e. The molecule has 0 aromatic rings. The third kappa shape index (κ3) is 84.6. The molecular weight excluding hydrogens is 183 g/mol. The maximum absolute atomic E-state index is 8.88. The van der Waals surface area contributed by atoms with E-state index in [1.165, 1.54) is 0 Å². The second-order valence-electron chi connectivity index (χ2n) is 0.513. The zero-order valence-corrected chi connectivity index (χ0v) is 9.77. The van der Waals surface area contributed by atoms with Gasteiger partial charge in [-0.05, 0) is 0 Å². The van der Waals surface area contributed by atoms with Crippen molar-refractivity contribution in [1.82, 2.24) is 0 Å². The third-order valence-corrected chi connectivity index (χ3v) is 0. The van der Waals surface area contributed by atoms with E-state index in [1.54, 1.807) is 0 Å². The summed E-state index contributed by atoms with van der Waals surface area (Å²) in [6.07, 6.45) is 0. The Morgan fingerprint density at radius 2 is 1.14 bits per heavy atom. The van der Waals surface area contributed by atoms with Gasteiger partial charge in [-0.25, -0.2) is 4.57 Å². The molecule has 0 aliphatic rings. The minimum Gasteiger partial charge on any atom is -0.303 e. The van der Waals surface area contributed by atoms with Crippen molar-refractivity contribution < 1.29 is 38.7 Å². The van der Waals surface area contributed by atoms with Gasteiger partial charge >= 0.3 is 7.82 Å². The molecule has 0 spiro atoms. The molecule has 0 saturated heterocycles. The Labute approximate surface area is 75.6 Å². The molecule has 0 unspecified atom stereocenters. The molecule has 0 amide bonds. The molecule has 35 valence electrons. The van der Waals surface area contributed by atoms with Crippen LogP contribution in [0.2, 0.25) is 0 Å². The fraction of sp³-hybridized carbons (Fsp3) is 0. The number of hydrogen-bond donors (Lipinski definition) is 3. The molecule has 4 nitrogen and oxygen atoms in total. The summed E-state index contributed by atoms with van der Waals surface area (Å²) in [6.45, 7) is 0. The number of rotatable bonds is 0. The van der Waals surface area contributed by atoms with Crippen LogP contribution in [0.25, 0.3) is 0 Å². The minimum absolute atomic E-state index is 0. The van der Waals surface area contributed by atoms with Gasteiger partial charge < -0.3 is 14.7 Å².